The first-order valence-corrected chi connectivity index (χ1v) is 6.22. The van der Waals surface area contributed by atoms with E-state index in [0.29, 0.717) is 6.42 Å². The number of nitrogens with two attached hydrogens (primary N) is 1. The molecule has 17 heavy (non-hydrogen) atoms. The summed E-state index contributed by atoms with van der Waals surface area (Å²) in [4.78, 5) is 0. The summed E-state index contributed by atoms with van der Waals surface area (Å²) in [5.41, 5.74) is 3.69. The molecular formula is C12H12FIN2O. The van der Waals surface area contributed by atoms with Crippen LogP contribution in [-0.4, -0.2) is 0 Å². The van der Waals surface area contributed by atoms with E-state index in [1.54, 1.807) is 12.3 Å². The smallest absolute Gasteiger partial charge is 0.124 e. The molecule has 1 aromatic carbocycles. The van der Waals surface area contributed by atoms with Crippen LogP contribution in [0.15, 0.2) is 41.0 Å². The van der Waals surface area contributed by atoms with Crippen molar-refractivity contribution >= 4 is 22.6 Å². The van der Waals surface area contributed by atoms with E-state index in [2.05, 4.69) is 28.0 Å². The van der Waals surface area contributed by atoms with Gasteiger partial charge in [-0.05, 0) is 52.4 Å². The molecule has 1 unspecified atom stereocenters. The third-order valence-electron chi connectivity index (χ3n) is 2.52. The van der Waals surface area contributed by atoms with Crippen LogP contribution in [0.1, 0.15) is 17.4 Å². The third kappa shape index (κ3) is 3.05. The zero-order valence-electron chi connectivity index (χ0n) is 8.99. The Labute approximate surface area is 112 Å². The van der Waals surface area contributed by atoms with Crippen LogP contribution in [0.4, 0.5) is 4.39 Å². The maximum absolute atomic E-state index is 13.0. The Morgan fingerprint density at radius 2 is 2.24 bits per heavy atom. The van der Waals surface area contributed by atoms with E-state index in [1.807, 2.05) is 12.1 Å². The molecule has 0 bridgehead atoms. The Kier molecular flexibility index (Phi) is 4.14. The summed E-state index contributed by atoms with van der Waals surface area (Å²) >= 11 is 2.10. The molecule has 2 rings (SSSR count). The number of nitrogens with one attached hydrogen (secondary N) is 1. The first kappa shape index (κ1) is 12.5. The van der Waals surface area contributed by atoms with Gasteiger partial charge in [-0.2, -0.15) is 0 Å². The van der Waals surface area contributed by atoms with Crippen molar-refractivity contribution in [1.29, 1.82) is 0 Å². The number of hydrogen-bond donors (Lipinski definition) is 2. The Hall–Kier alpha value is -0.920. The maximum Gasteiger partial charge on any atom is 0.124 e. The van der Waals surface area contributed by atoms with E-state index in [-0.39, 0.29) is 11.9 Å². The van der Waals surface area contributed by atoms with Crippen molar-refractivity contribution < 1.29 is 8.81 Å². The molecule has 3 N–H and O–H groups in total. The minimum Gasteiger partial charge on any atom is -0.469 e. The fourth-order valence-electron chi connectivity index (χ4n) is 1.67. The molecule has 0 saturated carbocycles. The van der Waals surface area contributed by atoms with Gasteiger partial charge in [-0.3, -0.25) is 11.3 Å². The quantitative estimate of drug-likeness (QED) is 0.509. The predicted molar refractivity (Wildman–Crippen MR) is 71.6 cm³/mol. The molecule has 0 aliphatic carbocycles. The highest BCUT2D eigenvalue weighted by atomic mass is 127. The lowest BCUT2D eigenvalue weighted by Crippen LogP contribution is -2.30. The first-order chi connectivity index (χ1) is 8.20. The van der Waals surface area contributed by atoms with Gasteiger partial charge in [0.25, 0.3) is 0 Å². The monoisotopic (exact) mass is 346 g/mol. The van der Waals surface area contributed by atoms with Gasteiger partial charge in [0.2, 0.25) is 0 Å². The lowest BCUT2D eigenvalue weighted by molar-refractivity contribution is 0.453. The van der Waals surface area contributed by atoms with E-state index in [1.165, 1.54) is 12.1 Å². The number of rotatable bonds is 4. The van der Waals surface area contributed by atoms with Crippen LogP contribution in [0.5, 0.6) is 0 Å². The summed E-state index contributed by atoms with van der Waals surface area (Å²) in [6.45, 7) is 0. The zero-order valence-corrected chi connectivity index (χ0v) is 11.1. The molecule has 90 valence electrons. The van der Waals surface area contributed by atoms with Crippen LogP contribution in [0.25, 0.3) is 0 Å². The zero-order chi connectivity index (χ0) is 12.3. The molecule has 0 aliphatic rings. The number of furan rings is 1. The second-order valence-electron chi connectivity index (χ2n) is 3.67. The molecule has 1 atom stereocenters. The van der Waals surface area contributed by atoms with Crippen molar-refractivity contribution in [3.63, 3.8) is 0 Å². The standard InChI is InChI=1S/C12H12FIN2O/c13-8-3-4-10(11(14)6-8)12(16-15)7-9-2-1-5-17-9/h1-6,12,16H,7,15H2. The van der Waals surface area contributed by atoms with Crippen molar-refractivity contribution in [3.05, 3.63) is 57.3 Å². The molecule has 0 aliphatic heterocycles. The van der Waals surface area contributed by atoms with Crippen molar-refractivity contribution in [1.82, 2.24) is 5.43 Å². The molecule has 5 heteroatoms. The molecule has 0 radical (unpaired) electrons. The minimum absolute atomic E-state index is 0.0892. The molecule has 0 spiro atoms. The number of hydrazine groups is 1. The van der Waals surface area contributed by atoms with E-state index >= 15 is 0 Å². The molecule has 0 fully saturated rings. The van der Waals surface area contributed by atoms with Gasteiger partial charge >= 0.3 is 0 Å². The summed E-state index contributed by atoms with van der Waals surface area (Å²) in [5.74, 6) is 6.14. The van der Waals surface area contributed by atoms with Gasteiger partial charge < -0.3 is 4.42 Å². The van der Waals surface area contributed by atoms with Gasteiger partial charge in [-0.25, -0.2) is 4.39 Å². The summed E-state index contributed by atoms with van der Waals surface area (Å²) in [7, 11) is 0. The highest BCUT2D eigenvalue weighted by Crippen LogP contribution is 2.23. The summed E-state index contributed by atoms with van der Waals surface area (Å²) in [6.07, 6.45) is 2.25. The van der Waals surface area contributed by atoms with Crippen molar-refractivity contribution in [3.8, 4) is 0 Å². The fraction of sp³-hybridized carbons (Fsp3) is 0.167. The molecular weight excluding hydrogens is 334 g/mol. The van der Waals surface area contributed by atoms with E-state index in [4.69, 9.17) is 10.3 Å². The van der Waals surface area contributed by atoms with Crippen LogP contribution in [0, 0.1) is 9.39 Å². The van der Waals surface area contributed by atoms with Gasteiger partial charge in [-0.1, -0.05) is 6.07 Å². The van der Waals surface area contributed by atoms with Gasteiger partial charge in [0.05, 0.1) is 12.3 Å². The van der Waals surface area contributed by atoms with Crippen molar-refractivity contribution in [2.45, 2.75) is 12.5 Å². The lowest BCUT2D eigenvalue weighted by Gasteiger charge is -2.16. The first-order valence-electron chi connectivity index (χ1n) is 5.14. The minimum atomic E-state index is -0.244. The summed E-state index contributed by atoms with van der Waals surface area (Å²) in [6, 6.07) is 8.30. The average Bonchev–Trinajstić information content (AvgIpc) is 2.79. The second-order valence-corrected chi connectivity index (χ2v) is 4.83. The molecule has 2 aromatic rings. The predicted octanol–water partition coefficient (Wildman–Crippen LogP) is 2.77. The fourth-order valence-corrected chi connectivity index (χ4v) is 2.53. The maximum atomic E-state index is 13.0. The van der Waals surface area contributed by atoms with E-state index in [9.17, 15) is 4.39 Å². The highest BCUT2D eigenvalue weighted by Gasteiger charge is 2.15. The molecule has 3 nitrogen and oxygen atoms in total. The summed E-state index contributed by atoms with van der Waals surface area (Å²) < 4.78 is 19.1. The van der Waals surface area contributed by atoms with Gasteiger partial charge in [0.15, 0.2) is 0 Å². The van der Waals surface area contributed by atoms with Gasteiger partial charge in [-0.15, -0.1) is 0 Å². The molecule has 1 aromatic heterocycles. The lowest BCUT2D eigenvalue weighted by atomic mass is 10.0. The van der Waals surface area contributed by atoms with Crippen LogP contribution in [0.2, 0.25) is 0 Å². The Balaban J connectivity index is 2.23. The van der Waals surface area contributed by atoms with Crippen LogP contribution in [-0.2, 0) is 6.42 Å². The Morgan fingerprint density at radius 3 is 2.82 bits per heavy atom. The molecule has 0 saturated heterocycles. The summed E-state index contributed by atoms with van der Waals surface area (Å²) in [5, 5.41) is 0. The van der Waals surface area contributed by atoms with Crippen molar-refractivity contribution in [2.75, 3.05) is 0 Å². The number of benzene rings is 1. The van der Waals surface area contributed by atoms with Gasteiger partial charge in [0, 0.05) is 9.99 Å². The Morgan fingerprint density at radius 1 is 1.41 bits per heavy atom. The molecule has 0 amide bonds. The normalized spacial score (nSPS) is 12.6. The molecule has 1 heterocycles. The van der Waals surface area contributed by atoms with E-state index in [0.717, 1.165) is 14.9 Å². The average molecular weight is 346 g/mol. The van der Waals surface area contributed by atoms with Crippen LogP contribution >= 0.6 is 22.6 Å². The van der Waals surface area contributed by atoms with Gasteiger partial charge in [0.1, 0.15) is 11.6 Å². The number of halogens is 2. The Bertz CT molecular complexity index is 487. The second kappa shape index (κ2) is 5.61. The van der Waals surface area contributed by atoms with Crippen LogP contribution in [0.3, 0.4) is 0 Å². The third-order valence-corrected chi connectivity index (χ3v) is 3.46. The highest BCUT2D eigenvalue weighted by molar-refractivity contribution is 14.1. The van der Waals surface area contributed by atoms with Crippen LogP contribution < -0.4 is 11.3 Å². The SMILES string of the molecule is NNC(Cc1ccco1)c1ccc(F)cc1I. The number of hydrogen-bond acceptors (Lipinski definition) is 3. The van der Waals surface area contributed by atoms with E-state index < -0.39 is 0 Å². The topological polar surface area (TPSA) is 51.2 Å². The largest absolute Gasteiger partial charge is 0.469 e. The van der Waals surface area contributed by atoms with Crippen molar-refractivity contribution in [2.24, 2.45) is 5.84 Å².